The normalized spacial score (nSPS) is 14.8. The van der Waals surface area contributed by atoms with Crippen LogP contribution in [0, 0.1) is 17.6 Å². The highest BCUT2D eigenvalue weighted by atomic mass is 19.2. The Labute approximate surface area is 107 Å². The molecular formula is C14H21F2NO. The van der Waals surface area contributed by atoms with E-state index >= 15 is 0 Å². The highest BCUT2D eigenvalue weighted by Gasteiger charge is 2.15. The maximum Gasteiger partial charge on any atom is 0.163 e. The Kier molecular flexibility index (Phi) is 5.69. The van der Waals surface area contributed by atoms with E-state index in [1.54, 1.807) is 13.0 Å². The van der Waals surface area contributed by atoms with Crippen molar-refractivity contribution in [3.63, 3.8) is 0 Å². The lowest BCUT2D eigenvalue weighted by Crippen LogP contribution is -2.30. The molecule has 2 atom stereocenters. The summed E-state index contributed by atoms with van der Waals surface area (Å²) in [5, 5.41) is 12.7. The van der Waals surface area contributed by atoms with Crippen LogP contribution in [0.2, 0.25) is 0 Å². The molecule has 1 aromatic rings. The van der Waals surface area contributed by atoms with Crippen molar-refractivity contribution in [1.82, 2.24) is 5.32 Å². The van der Waals surface area contributed by atoms with E-state index in [9.17, 15) is 13.9 Å². The number of aliphatic hydroxyl groups excluding tert-OH is 1. The first-order valence-corrected chi connectivity index (χ1v) is 6.27. The van der Waals surface area contributed by atoms with Crippen LogP contribution in [0.15, 0.2) is 18.2 Å². The van der Waals surface area contributed by atoms with Gasteiger partial charge in [-0.2, -0.15) is 0 Å². The number of halogens is 2. The molecule has 0 spiro atoms. The van der Waals surface area contributed by atoms with Crippen LogP contribution >= 0.6 is 0 Å². The molecule has 0 aromatic heterocycles. The standard InChI is InChI=1S/C14H21F2NO/c1-9(2)7-11(18)8-17-10(3)12-5-4-6-13(15)14(12)16/h4-6,9-11,17-18H,7-8H2,1-3H3. The van der Waals surface area contributed by atoms with Crippen molar-refractivity contribution in [2.24, 2.45) is 5.92 Å². The fraction of sp³-hybridized carbons (Fsp3) is 0.571. The van der Waals surface area contributed by atoms with Crippen LogP contribution in [-0.4, -0.2) is 17.8 Å². The van der Waals surface area contributed by atoms with Crippen LogP contribution in [0.5, 0.6) is 0 Å². The van der Waals surface area contributed by atoms with E-state index in [4.69, 9.17) is 0 Å². The minimum Gasteiger partial charge on any atom is -0.392 e. The van der Waals surface area contributed by atoms with Gasteiger partial charge in [0.2, 0.25) is 0 Å². The summed E-state index contributed by atoms with van der Waals surface area (Å²) in [6.45, 7) is 6.17. The van der Waals surface area contributed by atoms with Crippen LogP contribution in [0.1, 0.15) is 38.8 Å². The van der Waals surface area contributed by atoms with Gasteiger partial charge < -0.3 is 10.4 Å². The van der Waals surface area contributed by atoms with Crippen molar-refractivity contribution in [3.05, 3.63) is 35.4 Å². The van der Waals surface area contributed by atoms with Crippen LogP contribution < -0.4 is 5.32 Å². The zero-order valence-electron chi connectivity index (χ0n) is 11.1. The largest absolute Gasteiger partial charge is 0.392 e. The quantitative estimate of drug-likeness (QED) is 0.821. The van der Waals surface area contributed by atoms with Crippen molar-refractivity contribution < 1.29 is 13.9 Å². The topological polar surface area (TPSA) is 32.3 Å². The molecule has 18 heavy (non-hydrogen) atoms. The average molecular weight is 257 g/mol. The first-order valence-electron chi connectivity index (χ1n) is 6.27. The predicted molar refractivity (Wildman–Crippen MR) is 68.2 cm³/mol. The van der Waals surface area contributed by atoms with E-state index in [0.717, 1.165) is 6.07 Å². The molecule has 0 aliphatic carbocycles. The van der Waals surface area contributed by atoms with Gasteiger partial charge >= 0.3 is 0 Å². The highest BCUT2D eigenvalue weighted by molar-refractivity contribution is 5.21. The Hall–Kier alpha value is -1.00. The monoisotopic (exact) mass is 257 g/mol. The first kappa shape index (κ1) is 15.1. The second-order valence-corrected chi connectivity index (χ2v) is 5.06. The van der Waals surface area contributed by atoms with E-state index in [1.807, 2.05) is 13.8 Å². The van der Waals surface area contributed by atoms with Crippen molar-refractivity contribution in [3.8, 4) is 0 Å². The van der Waals surface area contributed by atoms with Crippen LogP contribution in [0.25, 0.3) is 0 Å². The van der Waals surface area contributed by atoms with Gasteiger partial charge in [0.25, 0.3) is 0 Å². The van der Waals surface area contributed by atoms with E-state index < -0.39 is 17.7 Å². The maximum absolute atomic E-state index is 13.5. The molecule has 2 unspecified atom stereocenters. The molecule has 2 N–H and O–H groups in total. The molecule has 0 heterocycles. The van der Waals surface area contributed by atoms with Crippen LogP contribution in [-0.2, 0) is 0 Å². The van der Waals surface area contributed by atoms with Gasteiger partial charge in [-0.05, 0) is 25.3 Å². The van der Waals surface area contributed by atoms with Gasteiger partial charge in [-0.3, -0.25) is 0 Å². The molecule has 4 heteroatoms. The lowest BCUT2D eigenvalue weighted by atomic mass is 10.0. The zero-order chi connectivity index (χ0) is 13.7. The van der Waals surface area contributed by atoms with Gasteiger partial charge in [0.1, 0.15) is 0 Å². The third-order valence-electron chi connectivity index (χ3n) is 2.85. The van der Waals surface area contributed by atoms with Crippen LogP contribution in [0.4, 0.5) is 8.78 Å². The maximum atomic E-state index is 13.5. The number of rotatable bonds is 6. The molecule has 0 saturated heterocycles. The van der Waals surface area contributed by atoms with E-state index in [-0.39, 0.29) is 11.6 Å². The van der Waals surface area contributed by atoms with Gasteiger partial charge in [-0.25, -0.2) is 8.78 Å². The lowest BCUT2D eigenvalue weighted by molar-refractivity contribution is 0.143. The SMILES string of the molecule is CC(C)CC(O)CNC(C)c1cccc(F)c1F. The molecule has 0 amide bonds. The Morgan fingerprint density at radius 3 is 2.50 bits per heavy atom. The molecule has 0 aliphatic rings. The predicted octanol–water partition coefficient (Wildman–Crippen LogP) is 3.02. The second-order valence-electron chi connectivity index (χ2n) is 5.06. The fourth-order valence-corrected chi connectivity index (χ4v) is 1.91. The van der Waals surface area contributed by atoms with Gasteiger partial charge in [0.05, 0.1) is 6.10 Å². The second kappa shape index (κ2) is 6.81. The Morgan fingerprint density at radius 2 is 1.89 bits per heavy atom. The highest BCUT2D eigenvalue weighted by Crippen LogP contribution is 2.19. The molecule has 0 fully saturated rings. The molecule has 0 saturated carbocycles. The number of nitrogens with one attached hydrogen (secondary N) is 1. The Bertz CT molecular complexity index is 382. The first-order chi connectivity index (χ1) is 8.41. The van der Waals surface area contributed by atoms with Gasteiger partial charge in [-0.15, -0.1) is 0 Å². The Balaban J connectivity index is 2.55. The summed E-state index contributed by atoms with van der Waals surface area (Å²) in [5.41, 5.74) is 0.284. The summed E-state index contributed by atoms with van der Waals surface area (Å²) in [4.78, 5) is 0. The molecule has 1 aromatic carbocycles. The molecule has 0 radical (unpaired) electrons. The summed E-state index contributed by atoms with van der Waals surface area (Å²) in [5.74, 6) is -1.26. The number of hydrogen-bond acceptors (Lipinski definition) is 2. The van der Waals surface area contributed by atoms with Gasteiger partial charge in [-0.1, -0.05) is 26.0 Å². The molecular weight excluding hydrogens is 236 g/mol. The smallest absolute Gasteiger partial charge is 0.163 e. The average Bonchev–Trinajstić information content (AvgIpc) is 2.29. The zero-order valence-corrected chi connectivity index (χ0v) is 11.1. The van der Waals surface area contributed by atoms with Gasteiger partial charge in [0.15, 0.2) is 11.6 Å². The summed E-state index contributed by atoms with van der Waals surface area (Å²) in [7, 11) is 0. The Morgan fingerprint density at radius 1 is 1.22 bits per heavy atom. The van der Waals surface area contributed by atoms with Crippen molar-refractivity contribution >= 4 is 0 Å². The minimum absolute atomic E-state index is 0.284. The van der Waals surface area contributed by atoms with Crippen LogP contribution in [0.3, 0.4) is 0 Å². The summed E-state index contributed by atoms with van der Waals surface area (Å²) in [6.07, 6.45) is 0.217. The number of aliphatic hydroxyl groups is 1. The summed E-state index contributed by atoms with van der Waals surface area (Å²) in [6, 6.07) is 3.79. The van der Waals surface area contributed by atoms with Gasteiger partial charge in [0, 0.05) is 18.2 Å². The number of hydrogen-bond donors (Lipinski definition) is 2. The molecule has 1 rings (SSSR count). The van der Waals surface area contributed by atoms with E-state index in [1.165, 1.54) is 6.07 Å². The van der Waals surface area contributed by atoms with E-state index in [2.05, 4.69) is 5.32 Å². The molecule has 0 aliphatic heterocycles. The van der Waals surface area contributed by atoms with Crippen molar-refractivity contribution in [1.29, 1.82) is 0 Å². The third kappa shape index (κ3) is 4.35. The third-order valence-corrected chi connectivity index (χ3v) is 2.85. The van der Waals surface area contributed by atoms with Crippen molar-refractivity contribution in [2.45, 2.75) is 39.3 Å². The van der Waals surface area contributed by atoms with Crippen molar-refractivity contribution in [2.75, 3.05) is 6.54 Å². The fourth-order valence-electron chi connectivity index (χ4n) is 1.91. The van der Waals surface area contributed by atoms with E-state index in [0.29, 0.717) is 18.9 Å². The molecule has 102 valence electrons. The minimum atomic E-state index is -0.844. The molecule has 0 bridgehead atoms. The summed E-state index contributed by atoms with van der Waals surface area (Å²) >= 11 is 0. The number of benzene rings is 1. The lowest BCUT2D eigenvalue weighted by Gasteiger charge is -2.19. The molecule has 2 nitrogen and oxygen atoms in total. The summed E-state index contributed by atoms with van der Waals surface area (Å²) < 4.78 is 26.6.